The van der Waals surface area contributed by atoms with Gasteiger partial charge < -0.3 is 10.8 Å². The largest absolute Gasteiger partial charge is 0.508 e. The van der Waals surface area contributed by atoms with Crippen LogP contribution in [0.2, 0.25) is 0 Å². The highest BCUT2D eigenvalue weighted by molar-refractivity contribution is 5.34. The van der Waals surface area contributed by atoms with Crippen LogP contribution in [0.3, 0.4) is 0 Å². The number of hydrogen-bond donors (Lipinski definition) is 2. The summed E-state index contributed by atoms with van der Waals surface area (Å²) in [6.45, 7) is 6.20. The molecule has 1 saturated carbocycles. The minimum Gasteiger partial charge on any atom is -0.508 e. The highest BCUT2D eigenvalue weighted by atomic mass is 16.3. The summed E-state index contributed by atoms with van der Waals surface area (Å²) >= 11 is 0. The number of phenols is 1. The average Bonchev–Trinajstić information content (AvgIpc) is 2.94. The topological polar surface area (TPSA) is 49.5 Å². The number of phenolic OH excluding ortho intramolecular Hbond substituents is 1. The number of nitrogens with two attached hydrogens (primary N) is 1. The van der Waals surface area contributed by atoms with Gasteiger partial charge >= 0.3 is 0 Å². The zero-order valence-corrected chi connectivity index (χ0v) is 12.8. The molecule has 2 rings (SSSR count). The number of para-hydroxylation sites is 1. The average molecular weight is 276 g/mol. The van der Waals surface area contributed by atoms with Crippen LogP contribution in [0.4, 0.5) is 0 Å². The Kier molecular flexibility index (Phi) is 5.44. The lowest BCUT2D eigenvalue weighted by Gasteiger charge is -2.38. The van der Waals surface area contributed by atoms with Crippen LogP contribution in [-0.2, 0) is 0 Å². The molecule has 112 valence electrons. The summed E-state index contributed by atoms with van der Waals surface area (Å²) in [5, 5.41) is 10.2. The van der Waals surface area contributed by atoms with Crippen molar-refractivity contribution in [3.63, 3.8) is 0 Å². The van der Waals surface area contributed by atoms with Crippen LogP contribution in [0.25, 0.3) is 0 Å². The van der Waals surface area contributed by atoms with E-state index in [0.717, 1.165) is 25.1 Å². The monoisotopic (exact) mass is 276 g/mol. The molecular formula is C17H28N2O. The van der Waals surface area contributed by atoms with Crippen LogP contribution < -0.4 is 5.73 Å². The molecule has 1 aromatic rings. The molecule has 20 heavy (non-hydrogen) atoms. The van der Waals surface area contributed by atoms with E-state index in [1.807, 2.05) is 12.1 Å². The first-order valence-electron chi connectivity index (χ1n) is 7.96. The van der Waals surface area contributed by atoms with Gasteiger partial charge in [-0.3, -0.25) is 4.90 Å². The van der Waals surface area contributed by atoms with Gasteiger partial charge in [0.1, 0.15) is 5.75 Å². The van der Waals surface area contributed by atoms with Crippen molar-refractivity contribution in [2.75, 3.05) is 13.1 Å². The molecule has 0 saturated heterocycles. The van der Waals surface area contributed by atoms with Gasteiger partial charge in [-0.15, -0.1) is 0 Å². The number of hydrogen-bond acceptors (Lipinski definition) is 3. The summed E-state index contributed by atoms with van der Waals surface area (Å²) in [5.74, 6) is 1.02. The maximum Gasteiger partial charge on any atom is 0.120 e. The number of rotatable bonds is 6. The Labute approximate surface area is 122 Å². The van der Waals surface area contributed by atoms with E-state index in [4.69, 9.17) is 5.73 Å². The summed E-state index contributed by atoms with van der Waals surface area (Å²) in [6, 6.07) is 8.60. The molecule has 0 aromatic heterocycles. The second-order valence-corrected chi connectivity index (χ2v) is 5.81. The first-order valence-corrected chi connectivity index (χ1v) is 7.96. The van der Waals surface area contributed by atoms with Crippen LogP contribution in [0.1, 0.15) is 51.1 Å². The molecule has 0 amide bonds. The van der Waals surface area contributed by atoms with E-state index in [1.165, 1.54) is 19.3 Å². The van der Waals surface area contributed by atoms with Gasteiger partial charge in [0, 0.05) is 17.6 Å². The lowest BCUT2D eigenvalue weighted by Crippen LogP contribution is -2.42. The first-order chi connectivity index (χ1) is 9.72. The van der Waals surface area contributed by atoms with Crippen molar-refractivity contribution in [1.29, 1.82) is 0 Å². The van der Waals surface area contributed by atoms with Gasteiger partial charge in [0.25, 0.3) is 0 Å². The molecule has 1 fully saturated rings. The summed E-state index contributed by atoms with van der Waals surface area (Å²) in [4.78, 5) is 2.56. The van der Waals surface area contributed by atoms with E-state index in [9.17, 15) is 5.11 Å². The number of aromatic hydroxyl groups is 1. The molecule has 3 heteroatoms. The zero-order valence-electron chi connectivity index (χ0n) is 12.8. The van der Waals surface area contributed by atoms with Gasteiger partial charge in [0.2, 0.25) is 0 Å². The number of nitrogens with zero attached hydrogens (tertiary/aromatic N) is 1. The van der Waals surface area contributed by atoms with Gasteiger partial charge in [-0.05, 0) is 44.3 Å². The van der Waals surface area contributed by atoms with E-state index in [2.05, 4.69) is 24.8 Å². The fourth-order valence-corrected chi connectivity index (χ4v) is 3.82. The summed E-state index contributed by atoms with van der Waals surface area (Å²) in [7, 11) is 0. The molecule has 3 nitrogen and oxygen atoms in total. The van der Waals surface area contributed by atoms with Gasteiger partial charge in [-0.1, -0.05) is 38.5 Å². The highest BCUT2D eigenvalue weighted by Crippen LogP contribution is 2.38. The first kappa shape index (κ1) is 15.3. The Morgan fingerprint density at radius 2 is 2.05 bits per heavy atom. The Bertz CT molecular complexity index is 421. The lowest BCUT2D eigenvalue weighted by molar-refractivity contribution is 0.109. The summed E-state index contributed by atoms with van der Waals surface area (Å²) in [5.41, 5.74) is 7.01. The standard InChI is InChI=1S/C17H28N2O/c1-3-15(14-9-5-6-11-17(14)20)19(4-2)16-10-7-8-13(16)12-18/h5-6,9,11,13,15-16,20H,3-4,7-8,10,12,18H2,1-2H3. The highest BCUT2D eigenvalue weighted by Gasteiger charge is 2.34. The normalized spacial score (nSPS) is 24.2. The summed E-state index contributed by atoms with van der Waals surface area (Å²) < 4.78 is 0. The molecule has 1 aliphatic carbocycles. The predicted molar refractivity (Wildman–Crippen MR) is 83.7 cm³/mol. The quantitative estimate of drug-likeness (QED) is 0.838. The fourth-order valence-electron chi connectivity index (χ4n) is 3.82. The van der Waals surface area contributed by atoms with Crippen LogP contribution in [0.15, 0.2) is 24.3 Å². The third kappa shape index (κ3) is 2.99. The van der Waals surface area contributed by atoms with Crippen molar-refractivity contribution in [1.82, 2.24) is 4.90 Å². The molecule has 0 heterocycles. The van der Waals surface area contributed by atoms with E-state index >= 15 is 0 Å². The smallest absolute Gasteiger partial charge is 0.120 e. The molecule has 1 aliphatic rings. The second-order valence-electron chi connectivity index (χ2n) is 5.81. The van der Waals surface area contributed by atoms with Gasteiger partial charge in [0.15, 0.2) is 0 Å². The van der Waals surface area contributed by atoms with E-state index < -0.39 is 0 Å². The Hall–Kier alpha value is -1.06. The predicted octanol–water partition coefficient (Wildman–Crippen LogP) is 3.29. The maximum atomic E-state index is 10.2. The van der Waals surface area contributed by atoms with Crippen LogP contribution in [0.5, 0.6) is 5.75 Å². The van der Waals surface area contributed by atoms with Crippen LogP contribution in [0, 0.1) is 5.92 Å². The van der Waals surface area contributed by atoms with Gasteiger partial charge in [0.05, 0.1) is 0 Å². The van der Waals surface area contributed by atoms with Crippen LogP contribution >= 0.6 is 0 Å². The molecule has 1 aromatic carbocycles. The second kappa shape index (κ2) is 7.09. The summed E-state index contributed by atoms with van der Waals surface area (Å²) in [6.07, 6.45) is 4.77. The van der Waals surface area contributed by atoms with Crippen molar-refractivity contribution in [3.8, 4) is 5.75 Å². The Morgan fingerprint density at radius 1 is 1.30 bits per heavy atom. The third-order valence-electron chi connectivity index (χ3n) is 4.80. The molecule has 0 radical (unpaired) electrons. The van der Waals surface area contributed by atoms with Gasteiger partial charge in [-0.2, -0.15) is 0 Å². The maximum absolute atomic E-state index is 10.2. The van der Waals surface area contributed by atoms with Crippen molar-refractivity contribution < 1.29 is 5.11 Å². The lowest BCUT2D eigenvalue weighted by atomic mass is 9.95. The van der Waals surface area contributed by atoms with Crippen molar-refractivity contribution in [3.05, 3.63) is 29.8 Å². The van der Waals surface area contributed by atoms with E-state index in [1.54, 1.807) is 6.07 Å². The van der Waals surface area contributed by atoms with E-state index in [0.29, 0.717) is 23.8 Å². The van der Waals surface area contributed by atoms with Crippen molar-refractivity contribution in [2.24, 2.45) is 11.7 Å². The minimum atomic E-state index is 0.290. The van der Waals surface area contributed by atoms with Gasteiger partial charge in [-0.25, -0.2) is 0 Å². The molecule has 0 bridgehead atoms. The van der Waals surface area contributed by atoms with Crippen molar-refractivity contribution >= 4 is 0 Å². The Balaban J connectivity index is 2.26. The molecule has 0 spiro atoms. The zero-order chi connectivity index (χ0) is 14.5. The Morgan fingerprint density at radius 3 is 2.65 bits per heavy atom. The molecular weight excluding hydrogens is 248 g/mol. The number of benzene rings is 1. The fraction of sp³-hybridized carbons (Fsp3) is 0.647. The SMILES string of the molecule is CCC(c1ccccc1O)N(CC)C1CCCC1CN. The minimum absolute atomic E-state index is 0.290. The molecule has 3 unspecified atom stereocenters. The van der Waals surface area contributed by atoms with Crippen molar-refractivity contribution in [2.45, 2.75) is 51.6 Å². The molecule has 3 N–H and O–H groups in total. The van der Waals surface area contributed by atoms with Crippen LogP contribution in [-0.4, -0.2) is 29.1 Å². The molecule has 0 aliphatic heterocycles. The molecule has 3 atom stereocenters. The van der Waals surface area contributed by atoms with E-state index in [-0.39, 0.29) is 0 Å². The third-order valence-corrected chi connectivity index (χ3v) is 4.80.